The standard InChI is InChI=1S/C21H25N3O5S/c1-28-16-7-6-14(13-17(16)29-2)8-10-22-18(25)5-3-4-11-24-20(26)19-15(9-12-30-19)23-21(24)27/h6-7,9,12-13H,3-5,8,10-11H2,1-2H3,(H,22,25)(H,23,27). The molecule has 2 N–H and O–H groups in total. The number of hydrogen-bond acceptors (Lipinski definition) is 6. The minimum Gasteiger partial charge on any atom is -0.493 e. The summed E-state index contributed by atoms with van der Waals surface area (Å²) in [5.41, 5.74) is 0.920. The number of methoxy groups -OCH3 is 2. The number of H-pyrrole nitrogens is 1. The first-order valence-corrected chi connectivity index (χ1v) is 10.6. The van der Waals surface area contributed by atoms with E-state index < -0.39 is 5.69 Å². The summed E-state index contributed by atoms with van der Waals surface area (Å²) in [6, 6.07) is 7.39. The molecule has 0 aliphatic heterocycles. The summed E-state index contributed by atoms with van der Waals surface area (Å²) in [7, 11) is 3.18. The molecule has 0 saturated carbocycles. The van der Waals surface area contributed by atoms with E-state index in [1.54, 1.807) is 25.7 Å². The molecular formula is C21H25N3O5S. The summed E-state index contributed by atoms with van der Waals surface area (Å²) in [4.78, 5) is 39.2. The third kappa shape index (κ3) is 5.10. The van der Waals surface area contributed by atoms with Gasteiger partial charge in [-0.15, -0.1) is 11.3 Å². The van der Waals surface area contributed by atoms with Crippen molar-refractivity contribution in [3.05, 3.63) is 56.0 Å². The van der Waals surface area contributed by atoms with Crippen LogP contribution in [0.25, 0.3) is 10.2 Å². The molecule has 0 fully saturated rings. The number of rotatable bonds is 10. The number of benzene rings is 1. The van der Waals surface area contributed by atoms with E-state index in [2.05, 4.69) is 10.3 Å². The van der Waals surface area contributed by atoms with E-state index in [4.69, 9.17) is 9.47 Å². The molecule has 3 rings (SSSR count). The van der Waals surface area contributed by atoms with Crippen molar-refractivity contribution in [2.45, 2.75) is 32.2 Å². The number of nitrogens with one attached hydrogen (secondary N) is 2. The topological polar surface area (TPSA) is 102 Å². The fourth-order valence-electron chi connectivity index (χ4n) is 3.20. The van der Waals surface area contributed by atoms with Gasteiger partial charge in [0.15, 0.2) is 11.5 Å². The summed E-state index contributed by atoms with van der Waals surface area (Å²) in [5.74, 6) is 1.28. The normalized spacial score (nSPS) is 10.9. The zero-order chi connectivity index (χ0) is 21.5. The van der Waals surface area contributed by atoms with Crippen LogP contribution in [0.4, 0.5) is 0 Å². The molecule has 1 amide bonds. The fourth-order valence-corrected chi connectivity index (χ4v) is 4.00. The second-order valence-corrected chi connectivity index (χ2v) is 7.71. The van der Waals surface area contributed by atoms with Crippen LogP contribution in [0.15, 0.2) is 39.2 Å². The van der Waals surface area contributed by atoms with Gasteiger partial charge in [0.2, 0.25) is 5.91 Å². The Kier molecular flexibility index (Phi) is 7.29. The molecule has 0 spiro atoms. The maximum absolute atomic E-state index is 12.4. The molecule has 9 heteroatoms. The predicted molar refractivity (Wildman–Crippen MR) is 117 cm³/mol. The van der Waals surface area contributed by atoms with E-state index in [9.17, 15) is 14.4 Å². The number of thiophene rings is 1. The molecule has 160 valence electrons. The molecule has 2 aromatic heterocycles. The Morgan fingerprint density at radius 1 is 1.13 bits per heavy atom. The van der Waals surface area contributed by atoms with Crippen molar-refractivity contribution in [3.8, 4) is 11.5 Å². The average Bonchev–Trinajstić information content (AvgIpc) is 3.21. The molecule has 0 bridgehead atoms. The molecule has 1 aromatic carbocycles. The van der Waals surface area contributed by atoms with Crippen molar-refractivity contribution < 1.29 is 14.3 Å². The molecule has 0 atom stereocenters. The fraction of sp³-hybridized carbons (Fsp3) is 0.381. The minimum absolute atomic E-state index is 0.0505. The van der Waals surface area contributed by atoms with Crippen LogP contribution in [0.3, 0.4) is 0 Å². The van der Waals surface area contributed by atoms with Crippen LogP contribution in [0.2, 0.25) is 0 Å². The van der Waals surface area contributed by atoms with Gasteiger partial charge >= 0.3 is 5.69 Å². The van der Waals surface area contributed by atoms with Gasteiger partial charge in [-0.1, -0.05) is 6.07 Å². The number of hydrogen-bond donors (Lipinski definition) is 2. The summed E-state index contributed by atoms with van der Waals surface area (Å²) in [5, 5.41) is 4.67. The number of fused-ring (bicyclic) bond motifs is 1. The van der Waals surface area contributed by atoms with E-state index in [1.807, 2.05) is 18.2 Å². The van der Waals surface area contributed by atoms with Crippen LogP contribution in [-0.4, -0.2) is 36.2 Å². The monoisotopic (exact) mass is 431 g/mol. The number of carbonyl (C=O) groups is 1. The average molecular weight is 432 g/mol. The lowest BCUT2D eigenvalue weighted by molar-refractivity contribution is -0.121. The molecule has 2 heterocycles. The molecule has 0 aliphatic carbocycles. The van der Waals surface area contributed by atoms with Crippen LogP contribution in [0, 0.1) is 0 Å². The third-order valence-corrected chi connectivity index (χ3v) is 5.71. The van der Waals surface area contributed by atoms with Crippen LogP contribution < -0.4 is 26.0 Å². The van der Waals surface area contributed by atoms with Gasteiger partial charge in [-0.25, -0.2) is 4.79 Å². The van der Waals surface area contributed by atoms with Gasteiger partial charge in [-0.3, -0.25) is 14.2 Å². The highest BCUT2D eigenvalue weighted by Gasteiger charge is 2.09. The van der Waals surface area contributed by atoms with Crippen molar-refractivity contribution in [2.75, 3.05) is 20.8 Å². The van der Waals surface area contributed by atoms with Crippen molar-refractivity contribution in [2.24, 2.45) is 0 Å². The Bertz CT molecular complexity index is 1130. The van der Waals surface area contributed by atoms with Crippen molar-refractivity contribution in [1.82, 2.24) is 14.9 Å². The van der Waals surface area contributed by atoms with Gasteiger partial charge in [-0.05, 0) is 48.4 Å². The van der Waals surface area contributed by atoms with Crippen LogP contribution in [-0.2, 0) is 17.8 Å². The lowest BCUT2D eigenvalue weighted by Crippen LogP contribution is -2.34. The Hall–Kier alpha value is -3.07. The zero-order valence-electron chi connectivity index (χ0n) is 17.0. The van der Waals surface area contributed by atoms with Gasteiger partial charge in [0.1, 0.15) is 4.70 Å². The van der Waals surface area contributed by atoms with E-state index in [0.29, 0.717) is 60.5 Å². The van der Waals surface area contributed by atoms with E-state index in [1.165, 1.54) is 15.9 Å². The first-order chi connectivity index (χ1) is 14.5. The lowest BCUT2D eigenvalue weighted by atomic mass is 10.1. The zero-order valence-corrected chi connectivity index (χ0v) is 17.8. The number of amides is 1. The molecule has 0 saturated heterocycles. The van der Waals surface area contributed by atoms with Gasteiger partial charge in [-0.2, -0.15) is 0 Å². The molecule has 0 aliphatic rings. The minimum atomic E-state index is -0.412. The quantitative estimate of drug-likeness (QED) is 0.480. The number of unbranched alkanes of at least 4 members (excludes halogenated alkanes) is 1. The van der Waals surface area contributed by atoms with Gasteiger partial charge < -0.3 is 19.8 Å². The lowest BCUT2D eigenvalue weighted by Gasteiger charge is -2.10. The summed E-state index contributed by atoms with van der Waals surface area (Å²) >= 11 is 1.31. The third-order valence-electron chi connectivity index (χ3n) is 4.81. The van der Waals surface area contributed by atoms with Gasteiger partial charge in [0, 0.05) is 19.5 Å². The Morgan fingerprint density at radius 2 is 1.93 bits per heavy atom. The first kappa shape index (κ1) is 21.6. The van der Waals surface area contributed by atoms with E-state index >= 15 is 0 Å². The van der Waals surface area contributed by atoms with Crippen molar-refractivity contribution >= 4 is 27.5 Å². The molecular weight excluding hydrogens is 406 g/mol. The maximum atomic E-state index is 12.4. The molecule has 0 radical (unpaired) electrons. The summed E-state index contributed by atoms with van der Waals surface area (Å²) < 4.78 is 12.2. The number of carbonyl (C=O) groups excluding carboxylic acids is 1. The highest BCUT2D eigenvalue weighted by atomic mass is 32.1. The largest absolute Gasteiger partial charge is 0.493 e. The van der Waals surface area contributed by atoms with Crippen molar-refractivity contribution in [3.63, 3.8) is 0 Å². The van der Waals surface area contributed by atoms with Crippen LogP contribution in [0.5, 0.6) is 11.5 Å². The Morgan fingerprint density at radius 3 is 2.70 bits per heavy atom. The van der Waals surface area contributed by atoms with Crippen LogP contribution in [0.1, 0.15) is 24.8 Å². The van der Waals surface area contributed by atoms with E-state index in [-0.39, 0.29) is 11.5 Å². The number of nitrogens with zero attached hydrogens (tertiary/aromatic N) is 1. The van der Waals surface area contributed by atoms with Gasteiger partial charge in [0.25, 0.3) is 5.56 Å². The second kappa shape index (κ2) is 10.1. The Labute approximate surface area is 177 Å². The van der Waals surface area contributed by atoms with E-state index in [0.717, 1.165) is 5.56 Å². The number of ether oxygens (including phenoxy) is 2. The summed E-state index contributed by atoms with van der Waals surface area (Å²) in [6.45, 7) is 0.809. The smallest absolute Gasteiger partial charge is 0.328 e. The first-order valence-electron chi connectivity index (χ1n) is 9.71. The van der Waals surface area contributed by atoms with Gasteiger partial charge in [0.05, 0.1) is 19.7 Å². The molecule has 8 nitrogen and oxygen atoms in total. The summed E-state index contributed by atoms with van der Waals surface area (Å²) in [6.07, 6.45) is 2.19. The second-order valence-electron chi connectivity index (χ2n) is 6.80. The Balaban J connectivity index is 1.42. The number of aromatic nitrogens is 2. The predicted octanol–water partition coefficient (Wildman–Crippen LogP) is 2.30. The van der Waals surface area contributed by atoms with Crippen molar-refractivity contribution in [1.29, 1.82) is 0 Å². The van der Waals surface area contributed by atoms with Crippen LogP contribution >= 0.6 is 11.3 Å². The molecule has 30 heavy (non-hydrogen) atoms. The highest BCUT2D eigenvalue weighted by molar-refractivity contribution is 7.17. The number of aromatic amines is 1. The highest BCUT2D eigenvalue weighted by Crippen LogP contribution is 2.27. The molecule has 0 unspecified atom stereocenters. The molecule has 3 aromatic rings. The SMILES string of the molecule is COc1ccc(CCNC(=O)CCCCn2c(=O)[nH]c3ccsc3c2=O)cc1OC. The maximum Gasteiger partial charge on any atom is 0.328 e.